The summed E-state index contributed by atoms with van der Waals surface area (Å²) in [5, 5.41) is 3.38. The van der Waals surface area contributed by atoms with Crippen LogP contribution in [0.4, 0.5) is 0 Å². The molecular weight excluding hydrogens is 202 g/mol. The number of hydrogen-bond donors (Lipinski definition) is 1. The predicted molar refractivity (Wildman–Crippen MR) is 65.3 cm³/mol. The molecule has 0 atom stereocenters. The number of ether oxygens (including phenoxy) is 1. The Kier molecular flexibility index (Phi) is 5.81. The molecule has 1 aliphatic carbocycles. The van der Waals surface area contributed by atoms with Crippen LogP contribution in [0.25, 0.3) is 0 Å². The number of rotatable bonds is 6. The fraction of sp³-hybridized carbons (Fsp3) is 0.923. The van der Waals surface area contributed by atoms with E-state index in [1.54, 1.807) is 0 Å². The lowest BCUT2D eigenvalue weighted by molar-refractivity contribution is -0.143. The Morgan fingerprint density at radius 3 is 2.62 bits per heavy atom. The van der Waals surface area contributed by atoms with E-state index in [9.17, 15) is 4.79 Å². The first-order valence-electron chi connectivity index (χ1n) is 6.53. The summed E-state index contributed by atoms with van der Waals surface area (Å²) in [6, 6.07) is 0. The Labute approximate surface area is 98.9 Å². The van der Waals surface area contributed by atoms with Crippen molar-refractivity contribution in [2.45, 2.75) is 52.4 Å². The highest BCUT2D eigenvalue weighted by Gasteiger charge is 2.25. The topological polar surface area (TPSA) is 38.3 Å². The molecule has 94 valence electrons. The van der Waals surface area contributed by atoms with Crippen LogP contribution in [0.15, 0.2) is 0 Å². The van der Waals surface area contributed by atoms with Gasteiger partial charge in [0.2, 0.25) is 0 Å². The normalized spacial score (nSPS) is 19.4. The van der Waals surface area contributed by atoms with Gasteiger partial charge in [0, 0.05) is 13.1 Å². The Bertz CT molecular complexity index is 210. The van der Waals surface area contributed by atoms with Crippen molar-refractivity contribution in [1.82, 2.24) is 5.32 Å². The van der Waals surface area contributed by atoms with Gasteiger partial charge in [-0.1, -0.05) is 26.2 Å². The van der Waals surface area contributed by atoms with Crippen LogP contribution < -0.4 is 5.32 Å². The summed E-state index contributed by atoms with van der Waals surface area (Å²) in [7, 11) is 0. The molecule has 0 aromatic carbocycles. The van der Waals surface area contributed by atoms with Crippen molar-refractivity contribution < 1.29 is 9.53 Å². The molecule has 1 fully saturated rings. The SMILES string of the molecule is CCOC(=O)CCNCC1(C)CCCCC1. The third kappa shape index (κ3) is 4.97. The molecule has 3 heteroatoms. The van der Waals surface area contributed by atoms with E-state index in [-0.39, 0.29) is 5.97 Å². The zero-order chi connectivity index (χ0) is 11.9. The quantitative estimate of drug-likeness (QED) is 0.559. The summed E-state index contributed by atoms with van der Waals surface area (Å²) in [6.45, 7) is 6.45. The summed E-state index contributed by atoms with van der Waals surface area (Å²) in [5.41, 5.74) is 0.451. The lowest BCUT2D eigenvalue weighted by Crippen LogP contribution is -2.34. The van der Waals surface area contributed by atoms with Gasteiger partial charge in [0.1, 0.15) is 0 Å². The fourth-order valence-electron chi connectivity index (χ4n) is 2.40. The highest BCUT2D eigenvalue weighted by atomic mass is 16.5. The summed E-state index contributed by atoms with van der Waals surface area (Å²) < 4.78 is 4.88. The number of hydrogen-bond acceptors (Lipinski definition) is 3. The summed E-state index contributed by atoms with van der Waals surface area (Å²) in [6.07, 6.45) is 7.23. The fourth-order valence-corrected chi connectivity index (χ4v) is 2.40. The molecule has 0 heterocycles. The Hall–Kier alpha value is -0.570. The highest BCUT2D eigenvalue weighted by molar-refractivity contribution is 5.69. The lowest BCUT2D eigenvalue weighted by atomic mass is 9.76. The van der Waals surface area contributed by atoms with E-state index in [4.69, 9.17) is 4.74 Å². The van der Waals surface area contributed by atoms with Crippen molar-refractivity contribution in [3.8, 4) is 0 Å². The zero-order valence-corrected chi connectivity index (χ0v) is 10.7. The summed E-state index contributed by atoms with van der Waals surface area (Å²) in [4.78, 5) is 11.1. The maximum Gasteiger partial charge on any atom is 0.307 e. The molecule has 0 bridgehead atoms. The van der Waals surface area contributed by atoms with E-state index in [0.717, 1.165) is 13.1 Å². The predicted octanol–water partition coefficient (Wildman–Crippen LogP) is 2.50. The van der Waals surface area contributed by atoms with Crippen LogP contribution in [-0.4, -0.2) is 25.7 Å². The first-order valence-corrected chi connectivity index (χ1v) is 6.53. The molecule has 0 spiro atoms. The number of nitrogens with one attached hydrogen (secondary N) is 1. The third-order valence-corrected chi connectivity index (χ3v) is 3.42. The Morgan fingerprint density at radius 1 is 1.31 bits per heavy atom. The summed E-state index contributed by atoms with van der Waals surface area (Å²) >= 11 is 0. The second-order valence-electron chi connectivity index (χ2n) is 5.10. The molecule has 16 heavy (non-hydrogen) atoms. The molecule has 0 amide bonds. The van der Waals surface area contributed by atoms with Crippen molar-refractivity contribution in [3.63, 3.8) is 0 Å². The molecule has 1 saturated carbocycles. The molecule has 0 aromatic heterocycles. The van der Waals surface area contributed by atoms with E-state index in [1.165, 1.54) is 32.1 Å². The van der Waals surface area contributed by atoms with Crippen LogP contribution in [-0.2, 0) is 9.53 Å². The smallest absolute Gasteiger partial charge is 0.307 e. The maximum atomic E-state index is 11.1. The van der Waals surface area contributed by atoms with Gasteiger partial charge >= 0.3 is 5.97 Å². The standard InChI is InChI=1S/C13H25NO2/c1-3-16-12(15)7-10-14-11-13(2)8-5-4-6-9-13/h14H,3-11H2,1-2H3. The number of esters is 1. The molecule has 3 nitrogen and oxygen atoms in total. The molecule has 0 aromatic rings. The minimum absolute atomic E-state index is 0.0937. The Balaban J connectivity index is 2.07. The molecule has 1 rings (SSSR count). The van der Waals surface area contributed by atoms with Crippen molar-refractivity contribution in [2.24, 2.45) is 5.41 Å². The van der Waals surface area contributed by atoms with Crippen LogP contribution in [0.1, 0.15) is 52.4 Å². The second-order valence-corrected chi connectivity index (χ2v) is 5.10. The maximum absolute atomic E-state index is 11.1. The van der Waals surface area contributed by atoms with Gasteiger partial charge in [-0.05, 0) is 25.2 Å². The number of carbonyl (C=O) groups is 1. The van der Waals surface area contributed by atoms with E-state index < -0.39 is 0 Å². The third-order valence-electron chi connectivity index (χ3n) is 3.42. The first kappa shape index (κ1) is 13.5. The molecule has 0 radical (unpaired) electrons. The van der Waals surface area contributed by atoms with E-state index >= 15 is 0 Å². The highest BCUT2D eigenvalue weighted by Crippen LogP contribution is 2.34. The zero-order valence-electron chi connectivity index (χ0n) is 10.7. The van der Waals surface area contributed by atoms with Gasteiger partial charge in [-0.3, -0.25) is 4.79 Å². The average molecular weight is 227 g/mol. The molecule has 0 unspecified atom stereocenters. The molecular formula is C13H25NO2. The minimum Gasteiger partial charge on any atom is -0.466 e. The largest absolute Gasteiger partial charge is 0.466 e. The van der Waals surface area contributed by atoms with E-state index in [2.05, 4.69) is 12.2 Å². The van der Waals surface area contributed by atoms with Gasteiger partial charge in [-0.2, -0.15) is 0 Å². The van der Waals surface area contributed by atoms with Crippen molar-refractivity contribution in [3.05, 3.63) is 0 Å². The van der Waals surface area contributed by atoms with E-state index in [0.29, 0.717) is 18.4 Å². The van der Waals surface area contributed by atoms with Gasteiger partial charge in [0.25, 0.3) is 0 Å². The number of carbonyl (C=O) groups excluding carboxylic acids is 1. The molecule has 1 aliphatic rings. The molecule has 0 saturated heterocycles. The second kappa shape index (κ2) is 6.89. The Morgan fingerprint density at radius 2 is 2.00 bits per heavy atom. The van der Waals surface area contributed by atoms with Crippen LogP contribution in [0.3, 0.4) is 0 Å². The van der Waals surface area contributed by atoms with Gasteiger partial charge in [0.15, 0.2) is 0 Å². The van der Waals surface area contributed by atoms with Crippen molar-refractivity contribution in [2.75, 3.05) is 19.7 Å². The molecule has 1 N–H and O–H groups in total. The first-order chi connectivity index (χ1) is 7.66. The van der Waals surface area contributed by atoms with E-state index in [1.807, 2.05) is 6.92 Å². The summed E-state index contributed by atoms with van der Waals surface area (Å²) in [5.74, 6) is -0.0937. The van der Waals surface area contributed by atoms with Gasteiger partial charge in [0.05, 0.1) is 13.0 Å². The molecule has 0 aliphatic heterocycles. The van der Waals surface area contributed by atoms with Gasteiger partial charge < -0.3 is 10.1 Å². The van der Waals surface area contributed by atoms with Gasteiger partial charge in [-0.25, -0.2) is 0 Å². The van der Waals surface area contributed by atoms with Crippen LogP contribution in [0, 0.1) is 5.41 Å². The van der Waals surface area contributed by atoms with Crippen LogP contribution in [0.2, 0.25) is 0 Å². The van der Waals surface area contributed by atoms with Crippen molar-refractivity contribution in [1.29, 1.82) is 0 Å². The van der Waals surface area contributed by atoms with Gasteiger partial charge in [-0.15, -0.1) is 0 Å². The lowest BCUT2D eigenvalue weighted by Gasteiger charge is -2.33. The monoisotopic (exact) mass is 227 g/mol. The van der Waals surface area contributed by atoms with Crippen LogP contribution >= 0.6 is 0 Å². The van der Waals surface area contributed by atoms with Crippen LogP contribution in [0.5, 0.6) is 0 Å². The van der Waals surface area contributed by atoms with Crippen molar-refractivity contribution >= 4 is 5.97 Å². The minimum atomic E-state index is -0.0937. The average Bonchev–Trinajstić information content (AvgIpc) is 2.26.